The van der Waals surface area contributed by atoms with Crippen molar-refractivity contribution >= 4 is 11.9 Å². The van der Waals surface area contributed by atoms with Crippen LogP contribution in [0.5, 0.6) is 0 Å². The highest BCUT2D eigenvalue weighted by Crippen LogP contribution is 2.20. The Balaban J connectivity index is 1.42. The van der Waals surface area contributed by atoms with E-state index in [0.717, 1.165) is 12.8 Å². The molecular formula is C21H31N3O2. The van der Waals surface area contributed by atoms with Gasteiger partial charge in [-0.25, -0.2) is 4.79 Å². The van der Waals surface area contributed by atoms with Crippen molar-refractivity contribution in [2.24, 2.45) is 0 Å². The first-order valence-electron chi connectivity index (χ1n) is 10.0. The Hall–Kier alpha value is -2.04. The zero-order chi connectivity index (χ0) is 18.4. The molecule has 1 saturated carbocycles. The van der Waals surface area contributed by atoms with E-state index < -0.39 is 0 Å². The highest BCUT2D eigenvalue weighted by Gasteiger charge is 2.26. The lowest BCUT2D eigenvalue weighted by molar-refractivity contribution is -0.132. The molecule has 1 aromatic rings. The summed E-state index contributed by atoms with van der Waals surface area (Å²) in [6.45, 7) is 4.63. The number of hydrogen-bond donors (Lipinski definition) is 1. The van der Waals surface area contributed by atoms with Crippen LogP contribution in [-0.2, 0) is 4.79 Å². The molecule has 0 spiro atoms. The Morgan fingerprint density at radius 2 is 1.62 bits per heavy atom. The summed E-state index contributed by atoms with van der Waals surface area (Å²) in [6, 6.07) is 10.6. The molecule has 1 aromatic carbocycles. The molecule has 1 saturated heterocycles. The average Bonchev–Trinajstić information content (AvgIpc) is 2.69. The van der Waals surface area contributed by atoms with E-state index in [2.05, 4.69) is 24.4 Å². The first kappa shape index (κ1) is 18.7. The van der Waals surface area contributed by atoms with Gasteiger partial charge in [-0.1, -0.05) is 56.5 Å². The molecule has 0 radical (unpaired) electrons. The lowest BCUT2D eigenvalue weighted by Gasteiger charge is -2.36. The molecule has 2 fully saturated rings. The summed E-state index contributed by atoms with van der Waals surface area (Å²) in [6.07, 6.45) is 6.44. The smallest absolute Gasteiger partial charge is 0.317 e. The molecule has 3 rings (SSSR count). The van der Waals surface area contributed by atoms with Crippen molar-refractivity contribution in [1.82, 2.24) is 15.1 Å². The lowest BCUT2D eigenvalue weighted by Crippen LogP contribution is -2.54. The van der Waals surface area contributed by atoms with Crippen molar-refractivity contribution in [2.75, 3.05) is 26.2 Å². The van der Waals surface area contributed by atoms with Crippen LogP contribution in [0.1, 0.15) is 56.9 Å². The molecule has 5 heteroatoms. The zero-order valence-corrected chi connectivity index (χ0v) is 15.8. The molecule has 1 aliphatic heterocycles. The van der Waals surface area contributed by atoms with Gasteiger partial charge in [0.1, 0.15) is 0 Å². The molecule has 5 nitrogen and oxygen atoms in total. The van der Waals surface area contributed by atoms with Gasteiger partial charge in [0.2, 0.25) is 5.91 Å². The number of amides is 3. The maximum absolute atomic E-state index is 12.6. The Morgan fingerprint density at radius 1 is 1.00 bits per heavy atom. The summed E-state index contributed by atoms with van der Waals surface area (Å²) < 4.78 is 0. The van der Waals surface area contributed by atoms with Gasteiger partial charge < -0.3 is 15.1 Å². The van der Waals surface area contributed by atoms with Crippen molar-refractivity contribution < 1.29 is 9.59 Å². The van der Waals surface area contributed by atoms with Crippen LogP contribution in [-0.4, -0.2) is 54.0 Å². The third kappa shape index (κ3) is 4.99. The first-order valence-corrected chi connectivity index (χ1v) is 10.0. The summed E-state index contributed by atoms with van der Waals surface area (Å²) >= 11 is 0. The largest absolute Gasteiger partial charge is 0.339 e. The molecule has 3 amide bonds. The minimum absolute atomic E-state index is 0.0432. The van der Waals surface area contributed by atoms with E-state index in [1.165, 1.54) is 24.8 Å². The van der Waals surface area contributed by atoms with Crippen LogP contribution < -0.4 is 5.32 Å². The summed E-state index contributed by atoms with van der Waals surface area (Å²) in [4.78, 5) is 28.8. The van der Waals surface area contributed by atoms with Crippen molar-refractivity contribution in [1.29, 1.82) is 0 Å². The van der Waals surface area contributed by atoms with Crippen LogP contribution in [0.25, 0.3) is 0 Å². The molecule has 142 valence electrons. The fourth-order valence-electron chi connectivity index (χ4n) is 3.96. The maximum Gasteiger partial charge on any atom is 0.317 e. The van der Waals surface area contributed by atoms with Crippen LogP contribution in [0.3, 0.4) is 0 Å². The van der Waals surface area contributed by atoms with Gasteiger partial charge in [-0.3, -0.25) is 4.79 Å². The lowest BCUT2D eigenvalue weighted by atomic mass is 9.96. The molecule has 2 aliphatic rings. The summed E-state index contributed by atoms with van der Waals surface area (Å²) in [5.41, 5.74) is 1.20. The second-order valence-electron chi connectivity index (χ2n) is 7.67. The fraction of sp³-hybridized carbons (Fsp3) is 0.619. The minimum Gasteiger partial charge on any atom is -0.339 e. The summed E-state index contributed by atoms with van der Waals surface area (Å²) in [7, 11) is 0. The second kappa shape index (κ2) is 9.06. The maximum atomic E-state index is 12.6. The third-order valence-electron chi connectivity index (χ3n) is 5.70. The number of urea groups is 1. The Kier molecular flexibility index (Phi) is 6.53. The third-order valence-corrected chi connectivity index (χ3v) is 5.70. The van der Waals surface area contributed by atoms with E-state index in [4.69, 9.17) is 0 Å². The topological polar surface area (TPSA) is 52.7 Å². The molecule has 1 heterocycles. The molecular weight excluding hydrogens is 326 g/mol. The van der Waals surface area contributed by atoms with Crippen LogP contribution in [0.4, 0.5) is 4.79 Å². The van der Waals surface area contributed by atoms with Crippen molar-refractivity contribution in [2.45, 2.75) is 57.4 Å². The van der Waals surface area contributed by atoms with E-state index in [9.17, 15) is 9.59 Å². The van der Waals surface area contributed by atoms with Gasteiger partial charge in [0.25, 0.3) is 0 Å². The van der Waals surface area contributed by atoms with Gasteiger partial charge in [-0.15, -0.1) is 0 Å². The van der Waals surface area contributed by atoms with Gasteiger partial charge in [0.15, 0.2) is 0 Å². The molecule has 0 bridgehead atoms. The van der Waals surface area contributed by atoms with E-state index in [0.29, 0.717) is 38.6 Å². The van der Waals surface area contributed by atoms with E-state index in [1.807, 2.05) is 28.0 Å². The van der Waals surface area contributed by atoms with Gasteiger partial charge in [0.05, 0.1) is 0 Å². The quantitative estimate of drug-likeness (QED) is 0.898. The normalized spacial score (nSPS) is 19.9. The standard InChI is InChI=1S/C21H31N3O2/c1-17(18-8-4-2-5-9-18)16-20(25)23-12-14-24(15-13-23)21(26)22-19-10-6-3-7-11-19/h2,4-5,8-9,17,19H,3,6-7,10-16H2,1H3,(H,22,26). The van der Waals surface area contributed by atoms with Crippen LogP contribution in [0.15, 0.2) is 30.3 Å². The van der Waals surface area contributed by atoms with E-state index in [-0.39, 0.29) is 17.9 Å². The molecule has 1 N–H and O–H groups in total. The fourth-order valence-corrected chi connectivity index (χ4v) is 3.96. The predicted octanol–water partition coefficient (Wildman–Crippen LogP) is 3.37. The minimum atomic E-state index is 0.0432. The number of nitrogens with zero attached hydrogens (tertiary/aromatic N) is 2. The SMILES string of the molecule is CC(CC(=O)N1CCN(C(=O)NC2CCCCC2)CC1)c1ccccc1. The number of nitrogens with one attached hydrogen (secondary N) is 1. The zero-order valence-electron chi connectivity index (χ0n) is 15.8. The van der Waals surface area contributed by atoms with Crippen LogP contribution in [0.2, 0.25) is 0 Å². The van der Waals surface area contributed by atoms with Crippen LogP contribution >= 0.6 is 0 Å². The van der Waals surface area contributed by atoms with Crippen LogP contribution in [0, 0.1) is 0 Å². The number of piperazine rings is 1. The van der Waals surface area contributed by atoms with Crippen molar-refractivity contribution in [3.63, 3.8) is 0 Å². The van der Waals surface area contributed by atoms with Crippen molar-refractivity contribution in [3.8, 4) is 0 Å². The highest BCUT2D eigenvalue weighted by atomic mass is 16.2. The predicted molar refractivity (Wildman–Crippen MR) is 103 cm³/mol. The van der Waals surface area contributed by atoms with Gasteiger partial charge in [0, 0.05) is 38.6 Å². The van der Waals surface area contributed by atoms with Gasteiger partial charge in [-0.2, -0.15) is 0 Å². The van der Waals surface area contributed by atoms with Crippen molar-refractivity contribution in [3.05, 3.63) is 35.9 Å². The molecule has 0 aromatic heterocycles. The number of hydrogen-bond acceptors (Lipinski definition) is 2. The van der Waals surface area contributed by atoms with Gasteiger partial charge >= 0.3 is 6.03 Å². The number of rotatable bonds is 4. The Bertz CT molecular complexity index is 591. The Morgan fingerprint density at radius 3 is 2.27 bits per heavy atom. The first-order chi connectivity index (χ1) is 12.6. The Labute approximate surface area is 156 Å². The average molecular weight is 357 g/mol. The summed E-state index contributed by atoms with van der Waals surface area (Å²) in [5.74, 6) is 0.407. The monoisotopic (exact) mass is 357 g/mol. The number of benzene rings is 1. The number of carbonyl (C=O) groups excluding carboxylic acids is 2. The highest BCUT2D eigenvalue weighted by molar-refractivity contribution is 5.78. The van der Waals surface area contributed by atoms with Gasteiger partial charge in [-0.05, 0) is 24.3 Å². The molecule has 26 heavy (non-hydrogen) atoms. The van der Waals surface area contributed by atoms with E-state index >= 15 is 0 Å². The molecule has 1 aliphatic carbocycles. The molecule has 1 unspecified atom stereocenters. The van der Waals surface area contributed by atoms with E-state index in [1.54, 1.807) is 0 Å². The second-order valence-corrected chi connectivity index (χ2v) is 7.67. The molecule has 1 atom stereocenters. The number of carbonyl (C=O) groups is 2. The summed E-state index contributed by atoms with van der Waals surface area (Å²) in [5, 5.41) is 3.17.